The Labute approximate surface area is 126 Å². The fraction of sp³-hybridized carbons (Fsp3) is 0.143. The van der Waals surface area contributed by atoms with E-state index in [4.69, 9.17) is 5.73 Å². The minimum absolute atomic E-state index is 0.241. The molecule has 0 aliphatic rings. The van der Waals surface area contributed by atoms with Crippen LogP contribution in [-0.4, -0.2) is 13.4 Å². The normalized spacial score (nSPS) is 12.0. The Bertz CT molecular complexity index is 894. The number of nitrogens with one attached hydrogen (secondary N) is 2. The lowest BCUT2D eigenvalue weighted by Gasteiger charge is -2.04. The van der Waals surface area contributed by atoms with Gasteiger partial charge in [0.1, 0.15) is 4.90 Å². The predicted octanol–water partition coefficient (Wildman–Crippen LogP) is 2.60. The Hall–Kier alpha value is -1.83. The van der Waals surface area contributed by atoms with Crippen LogP contribution in [0.1, 0.15) is 9.75 Å². The third-order valence-electron chi connectivity index (χ3n) is 3.19. The molecular formula is C14H15N3O2S2. The fourth-order valence-corrected chi connectivity index (χ4v) is 4.27. The fourth-order valence-electron chi connectivity index (χ4n) is 2.16. The molecule has 4 N–H and O–H groups in total. The number of aryl methyl sites for hydroxylation is 1. The van der Waals surface area contributed by atoms with Crippen LogP contribution in [0, 0.1) is 6.92 Å². The van der Waals surface area contributed by atoms with Gasteiger partial charge in [-0.1, -0.05) is 0 Å². The molecule has 0 aliphatic heterocycles. The third kappa shape index (κ3) is 2.80. The smallest absolute Gasteiger partial charge is 0.243 e. The van der Waals surface area contributed by atoms with Crippen LogP contribution in [-0.2, 0) is 16.6 Å². The monoisotopic (exact) mass is 321 g/mol. The lowest BCUT2D eigenvalue weighted by molar-refractivity contribution is 0.582. The van der Waals surface area contributed by atoms with Crippen molar-refractivity contribution < 1.29 is 8.42 Å². The van der Waals surface area contributed by atoms with Crippen LogP contribution in [0.25, 0.3) is 10.9 Å². The zero-order valence-electron chi connectivity index (χ0n) is 11.4. The van der Waals surface area contributed by atoms with Crippen molar-refractivity contribution in [2.45, 2.75) is 18.4 Å². The van der Waals surface area contributed by atoms with E-state index in [1.165, 1.54) is 6.20 Å². The Balaban J connectivity index is 1.89. The van der Waals surface area contributed by atoms with E-state index in [1.807, 2.05) is 19.1 Å². The van der Waals surface area contributed by atoms with Crippen molar-refractivity contribution >= 4 is 38.0 Å². The molecule has 0 bridgehead atoms. The van der Waals surface area contributed by atoms with Gasteiger partial charge in [0.25, 0.3) is 0 Å². The molecule has 0 unspecified atom stereocenters. The van der Waals surface area contributed by atoms with Crippen LogP contribution >= 0.6 is 11.3 Å². The summed E-state index contributed by atoms with van der Waals surface area (Å²) in [6, 6.07) is 9.03. The second-order valence-corrected chi connectivity index (χ2v) is 7.90. The Kier molecular flexibility index (Phi) is 3.48. The molecule has 2 heterocycles. The maximum absolute atomic E-state index is 12.4. The largest absolute Gasteiger partial charge is 0.399 e. The number of anilines is 1. The van der Waals surface area contributed by atoms with E-state index in [0.717, 1.165) is 9.75 Å². The van der Waals surface area contributed by atoms with E-state index < -0.39 is 10.0 Å². The van der Waals surface area contributed by atoms with Crippen molar-refractivity contribution in [1.82, 2.24) is 9.71 Å². The molecule has 0 saturated carbocycles. The average molecular weight is 321 g/mol. The van der Waals surface area contributed by atoms with Crippen LogP contribution in [0.4, 0.5) is 5.69 Å². The van der Waals surface area contributed by atoms with Crippen molar-refractivity contribution in [3.63, 3.8) is 0 Å². The maximum atomic E-state index is 12.4. The molecule has 0 fully saturated rings. The maximum Gasteiger partial charge on any atom is 0.243 e. The number of H-pyrrole nitrogens is 1. The Morgan fingerprint density at radius 2 is 2.10 bits per heavy atom. The number of hydrogen-bond acceptors (Lipinski definition) is 4. The molecule has 110 valence electrons. The minimum Gasteiger partial charge on any atom is -0.399 e. The molecular weight excluding hydrogens is 306 g/mol. The predicted molar refractivity (Wildman–Crippen MR) is 85.8 cm³/mol. The summed E-state index contributed by atoms with van der Waals surface area (Å²) in [5, 5.41) is 0.638. The summed E-state index contributed by atoms with van der Waals surface area (Å²) in [4.78, 5) is 5.33. The molecule has 0 aliphatic carbocycles. The lowest BCUT2D eigenvalue weighted by Crippen LogP contribution is -2.22. The molecule has 0 spiro atoms. The third-order valence-corrected chi connectivity index (χ3v) is 5.63. The van der Waals surface area contributed by atoms with E-state index in [2.05, 4.69) is 9.71 Å². The summed E-state index contributed by atoms with van der Waals surface area (Å²) in [5.41, 5.74) is 7.00. The van der Waals surface area contributed by atoms with Gasteiger partial charge in [-0.15, -0.1) is 11.3 Å². The molecule has 0 atom stereocenters. The van der Waals surface area contributed by atoms with Gasteiger partial charge in [0, 0.05) is 39.1 Å². The summed E-state index contributed by atoms with van der Waals surface area (Å²) in [6.07, 6.45) is 1.49. The molecule has 0 saturated heterocycles. The van der Waals surface area contributed by atoms with E-state index in [1.54, 1.807) is 29.5 Å². The van der Waals surface area contributed by atoms with Gasteiger partial charge in [-0.2, -0.15) is 0 Å². The number of rotatable bonds is 4. The highest BCUT2D eigenvalue weighted by Crippen LogP contribution is 2.24. The quantitative estimate of drug-likeness (QED) is 0.645. The number of nitrogen functional groups attached to an aromatic ring is 1. The first-order valence-electron chi connectivity index (χ1n) is 6.37. The van der Waals surface area contributed by atoms with Crippen LogP contribution in [0.2, 0.25) is 0 Å². The van der Waals surface area contributed by atoms with Gasteiger partial charge in [0.2, 0.25) is 10.0 Å². The standard InChI is InChI=1S/C14H15N3O2S2/c1-9-2-4-11(20-9)7-17-21(18,19)14-8-16-13-6-10(15)3-5-12(13)14/h2-6,8,16-17H,7,15H2,1H3. The molecule has 2 aromatic heterocycles. The second-order valence-electron chi connectivity index (χ2n) is 4.79. The molecule has 7 heteroatoms. The van der Waals surface area contributed by atoms with E-state index in [9.17, 15) is 8.42 Å². The molecule has 0 radical (unpaired) electrons. The van der Waals surface area contributed by atoms with Gasteiger partial charge >= 0.3 is 0 Å². The van der Waals surface area contributed by atoms with Gasteiger partial charge in [0.15, 0.2) is 0 Å². The van der Waals surface area contributed by atoms with Gasteiger partial charge in [-0.3, -0.25) is 0 Å². The molecule has 1 aromatic carbocycles. The van der Waals surface area contributed by atoms with Crippen molar-refractivity contribution in [2.24, 2.45) is 0 Å². The van der Waals surface area contributed by atoms with E-state index >= 15 is 0 Å². The van der Waals surface area contributed by atoms with Crippen LogP contribution in [0.5, 0.6) is 0 Å². The number of hydrogen-bond donors (Lipinski definition) is 3. The van der Waals surface area contributed by atoms with Crippen molar-refractivity contribution in [3.8, 4) is 0 Å². The number of sulfonamides is 1. The first-order valence-corrected chi connectivity index (χ1v) is 8.67. The molecule has 0 amide bonds. The van der Waals surface area contributed by atoms with E-state index in [0.29, 0.717) is 23.1 Å². The van der Waals surface area contributed by atoms with Crippen LogP contribution in [0.15, 0.2) is 41.4 Å². The Morgan fingerprint density at radius 1 is 1.29 bits per heavy atom. The average Bonchev–Trinajstić information content (AvgIpc) is 3.02. The molecule has 5 nitrogen and oxygen atoms in total. The zero-order valence-corrected chi connectivity index (χ0v) is 13.0. The van der Waals surface area contributed by atoms with Gasteiger partial charge < -0.3 is 10.7 Å². The highest BCUT2D eigenvalue weighted by molar-refractivity contribution is 7.89. The topological polar surface area (TPSA) is 88.0 Å². The number of thiophene rings is 1. The summed E-state index contributed by atoms with van der Waals surface area (Å²) >= 11 is 1.58. The Morgan fingerprint density at radius 3 is 2.81 bits per heavy atom. The second kappa shape index (κ2) is 5.18. The minimum atomic E-state index is -3.56. The zero-order chi connectivity index (χ0) is 15.0. The highest BCUT2D eigenvalue weighted by atomic mass is 32.2. The number of aromatic nitrogens is 1. The number of aromatic amines is 1. The summed E-state index contributed by atoms with van der Waals surface area (Å²) in [5.74, 6) is 0. The first kappa shape index (κ1) is 14.1. The summed E-state index contributed by atoms with van der Waals surface area (Å²) < 4.78 is 27.5. The number of benzene rings is 1. The summed E-state index contributed by atoms with van der Waals surface area (Å²) in [6.45, 7) is 2.29. The lowest BCUT2D eigenvalue weighted by atomic mass is 10.2. The van der Waals surface area contributed by atoms with Crippen molar-refractivity contribution in [3.05, 3.63) is 46.3 Å². The SMILES string of the molecule is Cc1ccc(CNS(=O)(=O)c2c[nH]c3cc(N)ccc23)s1. The van der Waals surface area contributed by atoms with Crippen LogP contribution < -0.4 is 10.5 Å². The molecule has 3 aromatic rings. The van der Waals surface area contributed by atoms with Gasteiger partial charge in [0.05, 0.1) is 0 Å². The highest BCUT2D eigenvalue weighted by Gasteiger charge is 2.18. The molecule has 21 heavy (non-hydrogen) atoms. The number of fused-ring (bicyclic) bond motifs is 1. The number of nitrogens with two attached hydrogens (primary N) is 1. The van der Waals surface area contributed by atoms with E-state index in [-0.39, 0.29) is 4.90 Å². The van der Waals surface area contributed by atoms with Crippen LogP contribution in [0.3, 0.4) is 0 Å². The molecule has 3 rings (SSSR count). The van der Waals surface area contributed by atoms with Crippen molar-refractivity contribution in [2.75, 3.05) is 5.73 Å². The van der Waals surface area contributed by atoms with Crippen molar-refractivity contribution in [1.29, 1.82) is 0 Å². The first-order chi connectivity index (χ1) is 9.95. The van der Waals surface area contributed by atoms with Gasteiger partial charge in [-0.05, 0) is 37.3 Å². The van der Waals surface area contributed by atoms with Gasteiger partial charge in [-0.25, -0.2) is 13.1 Å². The summed E-state index contributed by atoms with van der Waals surface area (Å²) in [7, 11) is -3.56.